The fraction of sp³-hybridized carbons (Fsp3) is 0.174. The Bertz CT molecular complexity index is 944. The maximum Gasteiger partial charge on any atom is 0.251 e. The lowest BCUT2D eigenvalue weighted by molar-refractivity contribution is 0.0939. The highest BCUT2D eigenvalue weighted by molar-refractivity contribution is 6.30. The number of rotatable bonds is 7. The number of amides is 1. The molecule has 3 rings (SSSR count). The van der Waals surface area contributed by atoms with Crippen LogP contribution in [0.5, 0.6) is 11.5 Å². The highest BCUT2D eigenvalue weighted by Gasteiger charge is 2.14. The van der Waals surface area contributed by atoms with Crippen LogP contribution in [0.4, 0.5) is 0 Å². The molecule has 0 aliphatic heterocycles. The summed E-state index contributed by atoms with van der Waals surface area (Å²) in [6.07, 6.45) is 0. The number of benzene rings is 3. The van der Waals surface area contributed by atoms with Crippen LogP contribution in [-0.2, 0) is 6.61 Å². The van der Waals surface area contributed by atoms with Gasteiger partial charge in [0.25, 0.3) is 5.91 Å². The minimum Gasteiger partial charge on any atom is -0.496 e. The van der Waals surface area contributed by atoms with Gasteiger partial charge in [0.1, 0.15) is 18.1 Å². The molecule has 28 heavy (non-hydrogen) atoms. The van der Waals surface area contributed by atoms with E-state index in [0.29, 0.717) is 22.1 Å². The molecular formula is C23H22ClNO3. The van der Waals surface area contributed by atoms with Crippen molar-refractivity contribution in [3.8, 4) is 11.5 Å². The summed E-state index contributed by atoms with van der Waals surface area (Å²) in [6.45, 7) is 2.22. The van der Waals surface area contributed by atoms with Crippen LogP contribution in [0.1, 0.15) is 34.5 Å². The monoisotopic (exact) mass is 395 g/mol. The van der Waals surface area contributed by atoms with Crippen LogP contribution in [0.25, 0.3) is 0 Å². The van der Waals surface area contributed by atoms with Crippen molar-refractivity contribution in [1.29, 1.82) is 0 Å². The first kappa shape index (κ1) is 19.8. The van der Waals surface area contributed by atoms with Gasteiger partial charge < -0.3 is 14.8 Å². The lowest BCUT2D eigenvalue weighted by atomic mass is 10.1. The topological polar surface area (TPSA) is 47.6 Å². The summed E-state index contributed by atoms with van der Waals surface area (Å²) in [5.74, 6) is 1.17. The van der Waals surface area contributed by atoms with Crippen LogP contribution in [0.2, 0.25) is 5.02 Å². The zero-order valence-corrected chi connectivity index (χ0v) is 16.6. The van der Waals surface area contributed by atoms with E-state index in [1.807, 2.05) is 49.4 Å². The van der Waals surface area contributed by atoms with Gasteiger partial charge >= 0.3 is 0 Å². The van der Waals surface area contributed by atoms with E-state index in [-0.39, 0.29) is 18.6 Å². The van der Waals surface area contributed by atoms with Gasteiger partial charge in [-0.1, -0.05) is 48.0 Å². The van der Waals surface area contributed by atoms with Crippen LogP contribution >= 0.6 is 11.6 Å². The highest BCUT2D eigenvalue weighted by Crippen LogP contribution is 2.24. The summed E-state index contributed by atoms with van der Waals surface area (Å²) >= 11 is 5.99. The number of carbonyl (C=O) groups is 1. The maximum atomic E-state index is 12.7. The molecule has 0 bridgehead atoms. The molecule has 144 valence electrons. The van der Waals surface area contributed by atoms with Gasteiger partial charge in [0.05, 0.1) is 13.2 Å². The molecule has 3 aromatic rings. The second kappa shape index (κ2) is 9.29. The molecule has 1 atom stereocenters. The number of halogens is 1. The van der Waals surface area contributed by atoms with Crippen LogP contribution in [0, 0.1) is 0 Å². The van der Waals surface area contributed by atoms with Gasteiger partial charge in [0.2, 0.25) is 0 Å². The van der Waals surface area contributed by atoms with Crippen molar-refractivity contribution in [1.82, 2.24) is 5.32 Å². The molecule has 4 nitrogen and oxygen atoms in total. The summed E-state index contributed by atoms with van der Waals surface area (Å²) in [6, 6.07) is 22.2. The van der Waals surface area contributed by atoms with Crippen molar-refractivity contribution in [2.24, 2.45) is 0 Å². The van der Waals surface area contributed by atoms with Gasteiger partial charge in [-0.2, -0.15) is 0 Å². The van der Waals surface area contributed by atoms with E-state index in [9.17, 15) is 4.79 Å². The summed E-state index contributed by atoms with van der Waals surface area (Å²) < 4.78 is 11.2. The van der Waals surface area contributed by atoms with Gasteiger partial charge in [-0.3, -0.25) is 4.79 Å². The minimum absolute atomic E-state index is 0.0954. The van der Waals surface area contributed by atoms with Gasteiger partial charge in [-0.15, -0.1) is 0 Å². The van der Waals surface area contributed by atoms with Gasteiger partial charge in [-0.25, -0.2) is 0 Å². The normalized spacial score (nSPS) is 11.5. The fourth-order valence-corrected chi connectivity index (χ4v) is 3.04. The Hall–Kier alpha value is -2.98. The van der Waals surface area contributed by atoms with Gasteiger partial charge in [0.15, 0.2) is 0 Å². The Kier molecular flexibility index (Phi) is 6.56. The van der Waals surface area contributed by atoms with Crippen LogP contribution in [-0.4, -0.2) is 13.0 Å². The van der Waals surface area contributed by atoms with Crippen LogP contribution in [0.15, 0.2) is 72.8 Å². The Balaban J connectivity index is 1.73. The predicted molar refractivity (Wildman–Crippen MR) is 111 cm³/mol. The second-order valence-corrected chi connectivity index (χ2v) is 6.81. The van der Waals surface area contributed by atoms with Crippen LogP contribution in [0.3, 0.4) is 0 Å². The van der Waals surface area contributed by atoms with E-state index >= 15 is 0 Å². The Morgan fingerprint density at radius 1 is 1.04 bits per heavy atom. The first-order chi connectivity index (χ1) is 13.6. The zero-order chi connectivity index (χ0) is 19.9. The summed E-state index contributed by atoms with van der Waals surface area (Å²) in [7, 11) is 1.59. The Labute approximate surface area is 170 Å². The standard InChI is InChI=1S/C23H22ClNO3/c1-16(17-7-4-3-5-8-17)25-23(26)18-11-12-22(27-2)19(13-18)15-28-21-10-6-9-20(24)14-21/h3-14,16H,15H2,1-2H3,(H,25,26). The summed E-state index contributed by atoms with van der Waals surface area (Å²) in [4.78, 5) is 12.7. The molecule has 0 aromatic heterocycles. The van der Waals surface area contributed by atoms with Crippen molar-refractivity contribution >= 4 is 17.5 Å². The lowest BCUT2D eigenvalue weighted by Gasteiger charge is -2.16. The SMILES string of the molecule is COc1ccc(C(=O)NC(C)c2ccccc2)cc1COc1cccc(Cl)c1. The molecule has 3 aromatic carbocycles. The number of nitrogens with one attached hydrogen (secondary N) is 1. The van der Waals surface area contributed by atoms with Crippen molar-refractivity contribution in [2.75, 3.05) is 7.11 Å². The molecule has 0 radical (unpaired) electrons. The van der Waals surface area contributed by atoms with Gasteiger partial charge in [-0.05, 0) is 48.9 Å². The largest absolute Gasteiger partial charge is 0.496 e. The molecule has 1 N–H and O–H groups in total. The number of carbonyl (C=O) groups excluding carboxylic acids is 1. The molecule has 0 spiro atoms. The van der Waals surface area contributed by atoms with E-state index in [4.69, 9.17) is 21.1 Å². The molecule has 0 saturated heterocycles. The van der Waals surface area contributed by atoms with Crippen molar-refractivity contribution in [2.45, 2.75) is 19.6 Å². The molecule has 1 amide bonds. The number of ether oxygens (including phenoxy) is 2. The number of hydrogen-bond donors (Lipinski definition) is 1. The maximum absolute atomic E-state index is 12.7. The Morgan fingerprint density at radius 3 is 2.54 bits per heavy atom. The molecule has 0 fully saturated rings. The van der Waals surface area contributed by atoms with Crippen molar-refractivity contribution in [3.63, 3.8) is 0 Å². The van der Waals surface area contributed by atoms with E-state index in [1.54, 1.807) is 37.4 Å². The predicted octanol–water partition coefficient (Wildman–Crippen LogP) is 5.42. The van der Waals surface area contributed by atoms with Crippen molar-refractivity contribution < 1.29 is 14.3 Å². The number of methoxy groups -OCH3 is 1. The number of hydrogen-bond acceptors (Lipinski definition) is 3. The van der Waals surface area contributed by atoms with E-state index in [0.717, 1.165) is 11.1 Å². The summed E-state index contributed by atoms with van der Waals surface area (Å²) in [5.41, 5.74) is 2.38. The first-order valence-electron chi connectivity index (χ1n) is 8.98. The third-order valence-electron chi connectivity index (χ3n) is 4.38. The third kappa shape index (κ3) is 5.05. The first-order valence-corrected chi connectivity index (χ1v) is 9.35. The quantitative estimate of drug-likeness (QED) is 0.581. The average molecular weight is 396 g/mol. The Morgan fingerprint density at radius 2 is 1.82 bits per heavy atom. The molecule has 0 saturated carbocycles. The summed E-state index contributed by atoms with van der Waals surface area (Å²) in [5, 5.41) is 3.62. The molecular weight excluding hydrogens is 374 g/mol. The van der Waals surface area contributed by atoms with Gasteiger partial charge in [0, 0.05) is 16.1 Å². The highest BCUT2D eigenvalue weighted by atomic mass is 35.5. The van der Waals surface area contributed by atoms with E-state index in [2.05, 4.69) is 5.32 Å². The third-order valence-corrected chi connectivity index (χ3v) is 4.62. The van der Waals surface area contributed by atoms with E-state index < -0.39 is 0 Å². The molecule has 5 heteroatoms. The van der Waals surface area contributed by atoms with E-state index in [1.165, 1.54) is 0 Å². The zero-order valence-electron chi connectivity index (χ0n) is 15.8. The molecule has 0 heterocycles. The molecule has 0 aliphatic rings. The average Bonchev–Trinajstić information content (AvgIpc) is 2.72. The smallest absolute Gasteiger partial charge is 0.251 e. The second-order valence-electron chi connectivity index (χ2n) is 6.38. The molecule has 0 aliphatic carbocycles. The van der Waals surface area contributed by atoms with Crippen LogP contribution < -0.4 is 14.8 Å². The fourth-order valence-electron chi connectivity index (χ4n) is 2.86. The lowest BCUT2D eigenvalue weighted by Crippen LogP contribution is -2.26. The minimum atomic E-state index is -0.150. The molecule has 1 unspecified atom stereocenters. The van der Waals surface area contributed by atoms with Crippen molar-refractivity contribution in [3.05, 3.63) is 94.5 Å².